The van der Waals surface area contributed by atoms with Gasteiger partial charge in [0.25, 0.3) is 5.91 Å². The highest BCUT2D eigenvalue weighted by molar-refractivity contribution is 5.98. The number of amides is 1. The fourth-order valence-corrected chi connectivity index (χ4v) is 3.32. The van der Waals surface area contributed by atoms with Crippen LogP contribution in [0, 0.1) is 0 Å². The van der Waals surface area contributed by atoms with E-state index >= 15 is 0 Å². The Labute approximate surface area is 163 Å². The molecule has 150 valence electrons. The van der Waals surface area contributed by atoms with Crippen molar-refractivity contribution < 1.29 is 19.4 Å². The maximum Gasteiger partial charge on any atom is 0.252 e. The van der Waals surface area contributed by atoms with Gasteiger partial charge in [0.05, 0.1) is 25.0 Å². The first-order valence-electron chi connectivity index (χ1n) is 9.07. The number of nitrogens with one attached hydrogen (secondary N) is 2. The molecule has 1 aliphatic heterocycles. The average molecular weight is 387 g/mol. The molecule has 2 heterocycles. The number of carbonyl (C=O) groups excluding carboxylic acids is 1. The Balaban J connectivity index is 2.01. The summed E-state index contributed by atoms with van der Waals surface area (Å²) < 4.78 is 10.4. The van der Waals surface area contributed by atoms with Gasteiger partial charge in [-0.25, -0.2) is 0 Å². The van der Waals surface area contributed by atoms with E-state index in [4.69, 9.17) is 15.2 Å². The number of phenolic OH excluding ortho intramolecular Hbond substituents is 1. The second-order valence-electron chi connectivity index (χ2n) is 6.66. The fraction of sp³-hybridized carbons (Fsp3) is 0.421. The number of hydrogen-bond acceptors (Lipinski definition) is 8. The summed E-state index contributed by atoms with van der Waals surface area (Å²) in [5.74, 6) is 0.155. The summed E-state index contributed by atoms with van der Waals surface area (Å²) in [6, 6.07) is 4.89. The largest absolute Gasteiger partial charge is 0.507 e. The lowest BCUT2D eigenvalue weighted by Crippen LogP contribution is -2.39. The van der Waals surface area contributed by atoms with Gasteiger partial charge in [0.15, 0.2) is 5.82 Å². The topological polar surface area (TPSA) is 132 Å². The van der Waals surface area contributed by atoms with Crippen LogP contribution in [0.1, 0.15) is 28.8 Å². The Morgan fingerprint density at radius 2 is 2.18 bits per heavy atom. The maximum absolute atomic E-state index is 12.0. The van der Waals surface area contributed by atoms with Gasteiger partial charge in [0, 0.05) is 31.3 Å². The number of methoxy groups -OCH3 is 2. The molecule has 1 aromatic carbocycles. The van der Waals surface area contributed by atoms with Crippen LogP contribution >= 0.6 is 0 Å². The number of aromatic nitrogens is 2. The molecule has 0 saturated carbocycles. The molecule has 1 aliphatic rings. The predicted octanol–water partition coefficient (Wildman–Crippen LogP) is 1.27. The summed E-state index contributed by atoms with van der Waals surface area (Å²) in [5.41, 5.74) is 7.20. The van der Waals surface area contributed by atoms with Crippen molar-refractivity contribution in [1.29, 1.82) is 0 Å². The highest BCUT2D eigenvalue weighted by Gasteiger charge is 2.21. The number of phenols is 1. The van der Waals surface area contributed by atoms with Crippen LogP contribution < -0.4 is 21.1 Å². The molecule has 1 aromatic heterocycles. The van der Waals surface area contributed by atoms with Crippen molar-refractivity contribution in [3.63, 3.8) is 0 Å². The molecule has 1 fully saturated rings. The first kappa shape index (κ1) is 19.8. The summed E-state index contributed by atoms with van der Waals surface area (Å²) in [4.78, 5) is 12.0. The molecule has 9 nitrogen and oxygen atoms in total. The summed E-state index contributed by atoms with van der Waals surface area (Å²) in [5, 5.41) is 25.4. The van der Waals surface area contributed by atoms with Crippen molar-refractivity contribution in [2.75, 3.05) is 32.6 Å². The Morgan fingerprint density at radius 1 is 1.36 bits per heavy atom. The van der Waals surface area contributed by atoms with E-state index in [1.165, 1.54) is 19.2 Å². The number of nitrogens with two attached hydrogens (primary N) is 1. The van der Waals surface area contributed by atoms with E-state index in [0.717, 1.165) is 25.9 Å². The standard InChI is InChI=1S/C19H25N5O4/c1-27-10-11-6-13(28-2)7-16(25)17(11)15-8-14(18(20)26)19(24-23-15)22-12-4-3-5-21-9-12/h6-8,12,21,25H,3-5,9-10H2,1-2H3,(H2,20,26)(H,22,24). The number of anilines is 1. The van der Waals surface area contributed by atoms with Crippen molar-refractivity contribution in [3.05, 3.63) is 29.3 Å². The SMILES string of the molecule is COCc1cc(OC)cc(O)c1-c1cc(C(N)=O)c(NC2CCCNC2)nn1. The molecule has 0 aliphatic carbocycles. The lowest BCUT2D eigenvalue weighted by Gasteiger charge is -2.24. The lowest BCUT2D eigenvalue weighted by atomic mass is 10.0. The minimum absolute atomic E-state index is 0.0479. The zero-order valence-electron chi connectivity index (χ0n) is 16.0. The van der Waals surface area contributed by atoms with E-state index in [9.17, 15) is 9.90 Å². The number of benzene rings is 1. The molecule has 3 rings (SSSR count). The minimum atomic E-state index is -0.622. The quantitative estimate of drug-likeness (QED) is 0.558. The third kappa shape index (κ3) is 4.32. The zero-order chi connectivity index (χ0) is 20.1. The minimum Gasteiger partial charge on any atom is -0.507 e. The Morgan fingerprint density at radius 3 is 2.82 bits per heavy atom. The molecular weight excluding hydrogens is 362 g/mol. The molecule has 28 heavy (non-hydrogen) atoms. The van der Waals surface area contributed by atoms with E-state index in [2.05, 4.69) is 20.8 Å². The normalized spacial score (nSPS) is 16.6. The predicted molar refractivity (Wildman–Crippen MR) is 104 cm³/mol. The van der Waals surface area contributed by atoms with Crippen LogP contribution in [0.5, 0.6) is 11.5 Å². The van der Waals surface area contributed by atoms with Gasteiger partial charge in [0.2, 0.25) is 0 Å². The van der Waals surface area contributed by atoms with Gasteiger partial charge in [-0.05, 0) is 37.1 Å². The zero-order valence-corrected chi connectivity index (χ0v) is 16.0. The number of hydrogen-bond donors (Lipinski definition) is 4. The van der Waals surface area contributed by atoms with Crippen molar-refractivity contribution >= 4 is 11.7 Å². The smallest absolute Gasteiger partial charge is 0.252 e. The highest BCUT2D eigenvalue weighted by atomic mass is 16.5. The molecule has 1 unspecified atom stereocenters. The lowest BCUT2D eigenvalue weighted by molar-refractivity contribution is 0.100. The van der Waals surface area contributed by atoms with Crippen LogP contribution in [-0.4, -0.2) is 54.6 Å². The summed E-state index contributed by atoms with van der Waals surface area (Å²) in [6.45, 7) is 1.98. The first-order chi connectivity index (χ1) is 13.5. The number of ether oxygens (including phenoxy) is 2. The Kier molecular flexibility index (Phi) is 6.27. The molecule has 1 atom stereocenters. The molecule has 1 amide bonds. The average Bonchev–Trinajstić information content (AvgIpc) is 2.69. The molecule has 0 radical (unpaired) electrons. The monoisotopic (exact) mass is 387 g/mol. The third-order valence-corrected chi connectivity index (χ3v) is 4.66. The van der Waals surface area contributed by atoms with E-state index in [0.29, 0.717) is 28.4 Å². The van der Waals surface area contributed by atoms with Crippen LogP contribution in [-0.2, 0) is 11.3 Å². The molecule has 5 N–H and O–H groups in total. The van der Waals surface area contributed by atoms with Crippen LogP contribution in [0.15, 0.2) is 18.2 Å². The molecule has 9 heteroatoms. The molecular formula is C19H25N5O4. The number of piperidine rings is 1. The van der Waals surface area contributed by atoms with Crippen molar-refractivity contribution in [1.82, 2.24) is 15.5 Å². The third-order valence-electron chi connectivity index (χ3n) is 4.66. The molecule has 2 aromatic rings. The number of nitrogens with zero attached hydrogens (tertiary/aromatic N) is 2. The van der Waals surface area contributed by atoms with Crippen molar-refractivity contribution in [2.45, 2.75) is 25.5 Å². The maximum atomic E-state index is 12.0. The highest BCUT2D eigenvalue weighted by Crippen LogP contribution is 2.36. The first-order valence-corrected chi connectivity index (χ1v) is 9.07. The van der Waals surface area contributed by atoms with Gasteiger partial charge in [-0.1, -0.05) is 0 Å². The van der Waals surface area contributed by atoms with Crippen molar-refractivity contribution in [3.8, 4) is 22.8 Å². The van der Waals surface area contributed by atoms with Gasteiger partial charge in [0.1, 0.15) is 11.5 Å². The van der Waals surface area contributed by atoms with E-state index in [1.807, 2.05) is 0 Å². The fourth-order valence-electron chi connectivity index (χ4n) is 3.32. The molecule has 0 bridgehead atoms. The summed E-state index contributed by atoms with van der Waals surface area (Å²) >= 11 is 0. The van der Waals surface area contributed by atoms with E-state index in [-0.39, 0.29) is 24.0 Å². The van der Waals surface area contributed by atoms with Crippen molar-refractivity contribution in [2.24, 2.45) is 5.73 Å². The van der Waals surface area contributed by atoms with Crippen LogP contribution in [0.4, 0.5) is 5.82 Å². The molecule has 1 saturated heterocycles. The second kappa shape index (κ2) is 8.85. The second-order valence-corrected chi connectivity index (χ2v) is 6.66. The van der Waals surface area contributed by atoms with Gasteiger partial charge in [-0.15, -0.1) is 10.2 Å². The number of carbonyl (C=O) groups is 1. The van der Waals surface area contributed by atoms with Crippen LogP contribution in [0.25, 0.3) is 11.3 Å². The number of primary amides is 1. The molecule has 0 spiro atoms. The van der Waals surface area contributed by atoms with Crippen LogP contribution in [0.3, 0.4) is 0 Å². The Hall–Kier alpha value is -2.91. The van der Waals surface area contributed by atoms with Gasteiger partial charge < -0.3 is 30.9 Å². The van der Waals surface area contributed by atoms with Gasteiger partial charge in [-0.3, -0.25) is 4.79 Å². The summed E-state index contributed by atoms with van der Waals surface area (Å²) in [6.07, 6.45) is 2.00. The number of rotatable bonds is 7. The summed E-state index contributed by atoms with van der Waals surface area (Å²) in [7, 11) is 3.06. The number of aromatic hydroxyl groups is 1. The van der Waals surface area contributed by atoms with Crippen LogP contribution in [0.2, 0.25) is 0 Å². The van der Waals surface area contributed by atoms with Gasteiger partial charge in [-0.2, -0.15) is 0 Å². The Bertz CT molecular complexity index is 852. The van der Waals surface area contributed by atoms with Gasteiger partial charge >= 0.3 is 0 Å². The van der Waals surface area contributed by atoms with E-state index < -0.39 is 5.91 Å². The van der Waals surface area contributed by atoms with E-state index in [1.54, 1.807) is 13.2 Å².